The zero-order valence-electron chi connectivity index (χ0n) is 11.2. The van der Waals surface area contributed by atoms with E-state index >= 15 is 0 Å². The summed E-state index contributed by atoms with van der Waals surface area (Å²) in [6.45, 7) is 3.68. The smallest absolute Gasteiger partial charge is 0.336 e. The lowest BCUT2D eigenvalue weighted by atomic mass is 10.3. The molecular weight excluding hydrogens is 266 g/mol. The van der Waals surface area contributed by atoms with Crippen molar-refractivity contribution in [3.05, 3.63) is 21.9 Å². The molecule has 1 aromatic rings. The molecule has 0 bridgehead atoms. The fraction of sp³-hybridized carbons (Fsp3) is 0.615. The molecule has 5 nitrogen and oxygen atoms in total. The van der Waals surface area contributed by atoms with Crippen LogP contribution in [0.3, 0.4) is 0 Å². The fourth-order valence-electron chi connectivity index (χ4n) is 1.50. The first-order valence-electron chi connectivity index (χ1n) is 6.32. The number of rotatable bonds is 11. The summed E-state index contributed by atoms with van der Waals surface area (Å²) >= 11 is 1.47. The topological polar surface area (TPSA) is 67.8 Å². The van der Waals surface area contributed by atoms with E-state index < -0.39 is 5.97 Å². The van der Waals surface area contributed by atoms with Gasteiger partial charge in [-0.25, -0.2) is 4.79 Å². The van der Waals surface area contributed by atoms with Crippen molar-refractivity contribution in [1.82, 2.24) is 5.32 Å². The second-order valence-electron chi connectivity index (χ2n) is 4.10. The number of carbonyl (C=O) groups is 1. The van der Waals surface area contributed by atoms with Gasteiger partial charge in [0.05, 0.1) is 18.8 Å². The molecule has 0 aliphatic carbocycles. The Hall–Kier alpha value is -0.950. The highest BCUT2D eigenvalue weighted by Gasteiger charge is 2.05. The predicted molar refractivity (Wildman–Crippen MR) is 74.9 cm³/mol. The van der Waals surface area contributed by atoms with Crippen LogP contribution in [-0.4, -0.2) is 44.6 Å². The molecule has 0 amide bonds. The van der Waals surface area contributed by atoms with Gasteiger partial charge >= 0.3 is 5.97 Å². The SMILES string of the molecule is COCCOCCCCNCc1cc(C(=O)O)cs1. The van der Waals surface area contributed by atoms with Gasteiger partial charge in [0.15, 0.2) is 0 Å². The van der Waals surface area contributed by atoms with Gasteiger partial charge in [-0.05, 0) is 25.5 Å². The van der Waals surface area contributed by atoms with Crippen molar-refractivity contribution >= 4 is 17.3 Å². The lowest BCUT2D eigenvalue weighted by molar-refractivity contribution is 0.0688. The van der Waals surface area contributed by atoms with Crippen LogP contribution in [0.5, 0.6) is 0 Å². The van der Waals surface area contributed by atoms with Crippen LogP contribution in [0.15, 0.2) is 11.4 Å². The third-order valence-corrected chi connectivity index (χ3v) is 3.46. The molecule has 1 aromatic heterocycles. The van der Waals surface area contributed by atoms with Crippen molar-refractivity contribution in [1.29, 1.82) is 0 Å². The van der Waals surface area contributed by atoms with Crippen LogP contribution in [0.25, 0.3) is 0 Å². The summed E-state index contributed by atoms with van der Waals surface area (Å²) in [7, 11) is 1.66. The zero-order chi connectivity index (χ0) is 13.9. The van der Waals surface area contributed by atoms with Gasteiger partial charge < -0.3 is 19.9 Å². The minimum Gasteiger partial charge on any atom is -0.478 e. The summed E-state index contributed by atoms with van der Waals surface area (Å²) in [4.78, 5) is 11.8. The molecule has 1 heterocycles. The van der Waals surface area contributed by atoms with Crippen molar-refractivity contribution < 1.29 is 19.4 Å². The van der Waals surface area contributed by atoms with E-state index in [0.29, 0.717) is 18.8 Å². The number of methoxy groups -OCH3 is 1. The van der Waals surface area contributed by atoms with E-state index in [1.807, 2.05) is 0 Å². The van der Waals surface area contributed by atoms with Crippen molar-refractivity contribution in [3.63, 3.8) is 0 Å². The average molecular weight is 287 g/mol. The third kappa shape index (κ3) is 7.27. The number of hydrogen-bond acceptors (Lipinski definition) is 5. The second-order valence-corrected chi connectivity index (χ2v) is 5.09. The quantitative estimate of drug-likeness (QED) is 0.609. The van der Waals surface area contributed by atoms with E-state index in [4.69, 9.17) is 14.6 Å². The van der Waals surface area contributed by atoms with Crippen LogP contribution in [0.4, 0.5) is 0 Å². The van der Waals surface area contributed by atoms with E-state index in [-0.39, 0.29) is 0 Å². The molecule has 0 radical (unpaired) electrons. The summed E-state index contributed by atoms with van der Waals surface area (Å²) in [6.07, 6.45) is 2.06. The lowest BCUT2D eigenvalue weighted by Gasteiger charge is -2.04. The molecule has 1 rings (SSSR count). The van der Waals surface area contributed by atoms with Gasteiger partial charge in [0.2, 0.25) is 0 Å². The Morgan fingerprint density at radius 3 is 2.89 bits per heavy atom. The van der Waals surface area contributed by atoms with Crippen molar-refractivity contribution in [3.8, 4) is 0 Å². The van der Waals surface area contributed by atoms with Crippen LogP contribution in [0, 0.1) is 0 Å². The highest BCUT2D eigenvalue weighted by molar-refractivity contribution is 7.10. The van der Waals surface area contributed by atoms with E-state index in [2.05, 4.69) is 5.32 Å². The van der Waals surface area contributed by atoms with Crippen molar-refractivity contribution in [2.75, 3.05) is 33.5 Å². The molecule has 0 aromatic carbocycles. The summed E-state index contributed by atoms with van der Waals surface area (Å²) in [5.74, 6) is -0.865. The monoisotopic (exact) mass is 287 g/mol. The molecule has 0 saturated carbocycles. The molecule has 2 N–H and O–H groups in total. The Bertz CT molecular complexity index is 367. The first-order chi connectivity index (χ1) is 9.24. The standard InChI is InChI=1S/C13H21NO4S/c1-17-6-7-18-5-3-2-4-14-9-12-8-11(10-19-12)13(15)16/h8,10,14H,2-7,9H2,1H3,(H,15,16). The zero-order valence-corrected chi connectivity index (χ0v) is 12.0. The van der Waals surface area contributed by atoms with E-state index in [0.717, 1.165) is 37.4 Å². The van der Waals surface area contributed by atoms with Gasteiger partial charge in [-0.3, -0.25) is 0 Å². The molecule has 19 heavy (non-hydrogen) atoms. The first kappa shape index (κ1) is 16.1. The van der Waals surface area contributed by atoms with Crippen LogP contribution >= 0.6 is 11.3 Å². The molecule has 6 heteroatoms. The molecule has 108 valence electrons. The Morgan fingerprint density at radius 1 is 1.37 bits per heavy atom. The number of thiophene rings is 1. The molecule has 0 unspecified atom stereocenters. The summed E-state index contributed by atoms with van der Waals surface area (Å²) in [5.41, 5.74) is 0.369. The van der Waals surface area contributed by atoms with Crippen LogP contribution < -0.4 is 5.32 Å². The van der Waals surface area contributed by atoms with Gasteiger partial charge in [0.25, 0.3) is 0 Å². The van der Waals surface area contributed by atoms with Gasteiger partial charge in [0.1, 0.15) is 0 Å². The fourth-order valence-corrected chi connectivity index (χ4v) is 2.32. The molecule has 0 aliphatic heterocycles. The van der Waals surface area contributed by atoms with Crippen molar-refractivity contribution in [2.24, 2.45) is 0 Å². The minimum atomic E-state index is -0.865. The number of nitrogens with one attached hydrogen (secondary N) is 1. The highest BCUT2D eigenvalue weighted by atomic mass is 32.1. The largest absolute Gasteiger partial charge is 0.478 e. The van der Waals surface area contributed by atoms with Gasteiger partial charge in [-0.15, -0.1) is 11.3 Å². The number of aromatic carboxylic acids is 1. The Morgan fingerprint density at radius 2 is 2.21 bits per heavy atom. The lowest BCUT2D eigenvalue weighted by Crippen LogP contribution is -2.14. The number of hydrogen-bond donors (Lipinski definition) is 2. The van der Waals surface area contributed by atoms with E-state index in [9.17, 15) is 4.79 Å². The summed E-state index contributed by atoms with van der Waals surface area (Å²) < 4.78 is 10.2. The number of carboxylic acid groups (broad SMARTS) is 1. The van der Waals surface area contributed by atoms with Crippen molar-refractivity contribution in [2.45, 2.75) is 19.4 Å². The first-order valence-corrected chi connectivity index (χ1v) is 7.20. The molecule has 0 aliphatic rings. The Kier molecular flexibility index (Phi) is 8.40. The molecular formula is C13H21NO4S. The highest BCUT2D eigenvalue weighted by Crippen LogP contribution is 2.14. The second kappa shape index (κ2) is 9.91. The van der Waals surface area contributed by atoms with Gasteiger partial charge in [0, 0.05) is 30.5 Å². The molecule has 0 saturated heterocycles. The molecule has 0 fully saturated rings. The Labute approximate surface area is 117 Å². The predicted octanol–water partition coefficient (Wildman–Crippen LogP) is 1.98. The molecule has 0 atom stereocenters. The Balaban J connectivity index is 1.97. The normalized spacial score (nSPS) is 10.8. The molecule has 0 spiro atoms. The van der Waals surface area contributed by atoms with Crippen LogP contribution in [-0.2, 0) is 16.0 Å². The number of ether oxygens (including phenoxy) is 2. The van der Waals surface area contributed by atoms with E-state index in [1.54, 1.807) is 18.6 Å². The van der Waals surface area contributed by atoms with E-state index in [1.165, 1.54) is 11.3 Å². The van der Waals surface area contributed by atoms with Gasteiger partial charge in [-0.1, -0.05) is 0 Å². The minimum absolute atomic E-state index is 0.369. The van der Waals surface area contributed by atoms with Gasteiger partial charge in [-0.2, -0.15) is 0 Å². The summed E-state index contributed by atoms with van der Waals surface area (Å²) in [5, 5.41) is 13.8. The maximum Gasteiger partial charge on any atom is 0.336 e. The van der Waals surface area contributed by atoms with Crippen LogP contribution in [0.2, 0.25) is 0 Å². The maximum atomic E-state index is 10.7. The number of unbranched alkanes of at least 4 members (excludes halogenated alkanes) is 1. The maximum absolute atomic E-state index is 10.7. The van der Waals surface area contributed by atoms with Crippen LogP contribution in [0.1, 0.15) is 28.1 Å². The average Bonchev–Trinajstić information content (AvgIpc) is 2.86. The third-order valence-electron chi connectivity index (χ3n) is 2.52. The summed E-state index contributed by atoms with van der Waals surface area (Å²) in [6, 6.07) is 1.72. The number of carboxylic acids is 1.